The maximum atomic E-state index is 14.3. The third-order valence-corrected chi connectivity index (χ3v) is 13.5. The molecule has 1 aromatic carbocycles. The Morgan fingerprint density at radius 3 is 1.34 bits per heavy atom. The lowest BCUT2D eigenvalue weighted by Crippen LogP contribution is -2.69. The van der Waals surface area contributed by atoms with Crippen LogP contribution in [0.25, 0.3) is 0 Å². The van der Waals surface area contributed by atoms with Crippen LogP contribution in [0.2, 0.25) is 0 Å². The molecule has 4 heterocycles. The predicted molar refractivity (Wildman–Crippen MR) is 250 cm³/mol. The van der Waals surface area contributed by atoms with Gasteiger partial charge in [-0.3, -0.25) is 52.8 Å². The molecular weight excluding hydrogens is 1120 g/mol. The summed E-state index contributed by atoms with van der Waals surface area (Å²) in [7, 11) is 0. The minimum Gasteiger partial charge on any atom is -0.463 e. The number of nitrogens with zero attached hydrogens (tertiary/aromatic N) is 1. The van der Waals surface area contributed by atoms with E-state index in [4.69, 9.17) is 66.3 Å². The van der Waals surface area contributed by atoms with Crippen molar-refractivity contribution in [1.82, 2.24) is 4.90 Å². The van der Waals surface area contributed by atoms with Gasteiger partial charge in [0.2, 0.25) is 0 Å². The summed E-state index contributed by atoms with van der Waals surface area (Å²) in [4.78, 5) is 130. The quantitative estimate of drug-likeness (QED) is 0.0736. The lowest BCUT2D eigenvalue weighted by Gasteiger charge is -2.51. The van der Waals surface area contributed by atoms with E-state index in [1.807, 2.05) is 0 Å². The molecule has 0 N–H and O–H groups in total. The molecule has 25 nitrogen and oxygen atoms in total. The van der Waals surface area contributed by atoms with Crippen LogP contribution in [0.5, 0.6) is 0 Å². The molecule has 5 rings (SSSR count). The second-order valence-electron chi connectivity index (χ2n) is 17.5. The summed E-state index contributed by atoms with van der Waals surface area (Å²) in [5, 5.41) is 0.862. The van der Waals surface area contributed by atoms with Gasteiger partial charge in [-0.2, -0.15) is 0 Å². The van der Waals surface area contributed by atoms with Crippen molar-refractivity contribution in [2.45, 2.75) is 148 Å². The van der Waals surface area contributed by atoms with E-state index in [-0.39, 0.29) is 23.7 Å². The molecule has 15 atom stereocenters. The molecule has 4 aliphatic heterocycles. The number of carbonyl (C=O) groups excluding carboxylic acids is 10. The monoisotopic (exact) mass is 1180 g/mol. The first-order chi connectivity index (χ1) is 34.9. The number of alkyl halides is 2. The topological polar surface area (TPSA) is 303 Å². The van der Waals surface area contributed by atoms with Crippen LogP contribution in [0.4, 0.5) is 0 Å². The van der Waals surface area contributed by atoms with Crippen LogP contribution in [0, 0.1) is 11.8 Å². The van der Waals surface area contributed by atoms with Gasteiger partial charge in [0.15, 0.2) is 49.4 Å². The zero-order valence-electron chi connectivity index (χ0n) is 41.8. The van der Waals surface area contributed by atoms with Crippen molar-refractivity contribution in [2.75, 3.05) is 37.1 Å². The van der Waals surface area contributed by atoms with E-state index in [0.717, 1.165) is 60.3 Å². The van der Waals surface area contributed by atoms with Crippen LogP contribution >= 0.6 is 31.9 Å². The molecule has 410 valence electrons. The van der Waals surface area contributed by atoms with E-state index < -0.39 is 171 Å². The Morgan fingerprint density at radius 1 is 0.500 bits per heavy atom. The van der Waals surface area contributed by atoms with Crippen LogP contribution in [-0.2, 0) is 105 Å². The van der Waals surface area contributed by atoms with Crippen molar-refractivity contribution in [3.8, 4) is 0 Å². The molecule has 0 unspecified atom stereocenters. The number of carbonyl (C=O) groups is 10. The highest BCUT2D eigenvalue weighted by molar-refractivity contribution is 9.09. The van der Waals surface area contributed by atoms with Crippen molar-refractivity contribution < 1.29 is 114 Å². The lowest BCUT2D eigenvalue weighted by molar-refractivity contribution is -0.370. The Kier molecular flexibility index (Phi) is 21.8. The van der Waals surface area contributed by atoms with Gasteiger partial charge in [-0.05, 0) is 12.1 Å². The van der Waals surface area contributed by atoms with E-state index in [2.05, 4.69) is 31.9 Å². The van der Waals surface area contributed by atoms with E-state index in [1.165, 1.54) is 19.1 Å². The summed E-state index contributed by atoms with van der Waals surface area (Å²) in [6, 6.07) is 4.35. The van der Waals surface area contributed by atoms with Gasteiger partial charge >= 0.3 is 47.8 Å². The van der Waals surface area contributed by atoms with Gasteiger partial charge in [-0.15, -0.1) is 0 Å². The van der Waals surface area contributed by atoms with Crippen LogP contribution in [0.1, 0.15) is 83.0 Å². The fourth-order valence-electron chi connectivity index (χ4n) is 8.68. The van der Waals surface area contributed by atoms with Crippen molar-refractivity contribution in [2.24, 2.45) is 11.8 Å². The molecular formula is C47H59Br2NO24. The zero-order valence-corrected chi connectivity index (χ0v) is 45.0. The average molecular weight is 1180 g/mol. The number of fused-ring (bicyclic) bond motifs is 1. The molecule has 0 spiro atoms. The number of imide groups is 1. The standard InChI is InChI=1S/C47H59Br2NO24/c1-20-36(73-47-42(69-28(9)58)41(68-27(8)57)39(66-25(6)55)34(72-47)19-63-23(4)53)32(17-61-21(2)51)71-46(37(20)65-24(5)54)74-38-33(18-62-22(3)52)70-45(64-16-29(14-48)15-49)35(40(38)67-26(7)56)50-43(59)30-12-10-11-13-31(30)44(50)60/h10-13,20,29,32-42,45-47H,14-19H2,1-9H3/t20-,32+,33+,34+,35+,36+,37+,38+,39-,40+,41-,42+,45+,46-,47+/m0/s1. The molecule has 0 aromatic heterocycles. The molecule has 4 aliphatic rings. The summed E-state index contributed by atoms with van der Waals surface area (Å²) in [6.45, 7) is 8.09. The summed E-state index contributed by atoms with van der Waals surface area (Å²) in [5.74, 6) is -9.93. The average Bonchev–Trinajstić information content (AvgIpc) is 3.56. The Balaban J connectivity index is 1.63. The number of hydrogen-bond acceptors (Lipinski definition) is 24. The smallest absolute Gasteiger partial charge is 0.303 e. The molecule has 0 aliphatic carbocycles. The third kappa shape index (κ3) is 15.2. The Hall–Kier alpha value is -5.16. The van der Waals surface area contributed by atoms with E-state index in [0.29, 0.717) is 10.7 Å². The number of benzene rings is 1. The predicted octanol–water partition coefficient (Wildman–Crippen LogP) is 2.00. The number of rotatable bonds is 21. The van der Waals surface area contributed by atoms with Crippen LogP contribution in [-0.4, -0.2) is 188 Å². The van der Waals surface area contributed by atoms with Gasteiger partial charge < -0.3 is 66.3 Å². The van der Waals surface area contributed by atoms with Crippen LogP contribution < -0.4 is 0 Å². The molecule has 74 heavy (non-hydrogen) atoms. The summed E-state index contributed by atoms with van der Waals surface area (Å²) < 4.78 is 83.2. The lowest BCUT2D eigenvalue weighted by atomic mass is 9.89. The molecule has 0 saturated carbocycles. The fourth-order valence-corrected chi connectivity index (χ4v) is 10.1. The molecule has 3 fully saturated rings. The largest absolute Gasteiger partial charge is 0.463 e. The molecule has 0 radical (unpaired) electrons. The van der Waals surface area contributed by atoms with Gasteiger partial charge in [0.05, 0.1) is 23.8 Å². The minimum atomic E-state index is -1.82. The number of amides is 2. The summed E-state index contributed by atoms with van der Waals surface area (Å²) >= 11 is 6.87. The van der Waals surface area contributed by atoms with E-state index >= 15 is 0 Å². The Labute approximate surface area is 441 Å². The molecule has 27 heteroatoms. The van der Waals surface area contributed by atoms with E-state index in [9.17, 15) is 47.9 Å². The molecule has 0 bridgehead atoms. The number of esters is 8. The summed E-state index contributed by atoms with van der Waals surface area (Å²) in [6.07, 6.45) is -21.0. The first kappa shape index (κ1) is 59.7. The van der Waals surface area contributed by atoms with Crippen molar-refractivity contribution >= 4 is 91.4 Å². The highest BCUT2D eigenvalue weighted by Gasteiger charge is 2.60. The molecule has 2 amide bonds. The number of ether oxygens (including phenoxy) is 14. The molecule has 1 aromatic rings. The Morgan fingerprint density at radius 2 is 0.878 bits per heavy atom. The minimum absolute atomic E-state index is 0.0199. The maximum absolute atomic E-state index is 14.3. The number of hydrogen-bond donors (Lipinski definition) is 0. The molecule has 3 saturated heterocycles. The van der Waals surface area contributed by atoms with Gasteiger partial charge in [0.25, 0.3) is 11.8 Å². The SMILES string of the molecule is CC(=O)OC[C@H]1O[C@@H](O[C@H]2[C@H](OC(C)=O)[C@@H](N3C(=O)c4ccccc4C3=O)[C@H](OCC(CBr)CBr)O[C@@H]2COC(C)=O)[C@H](OC(C)=O)[C@@H](C)[C@H]1O[C@H]1O[C@H](COC(C)=O)[C@H](OC(C)=O)[C@H](OC(C)=O)[C@H]1OC(C)=O. The second-order valence-corrected chi connectivity index (χ2v) is 18.8. The van der Waals surface area contributed by atoms with Crippen molar-refractivity contribution in [1.29, 1.82) is 0 Å². The zero-order chi connectivity index (χ0) is 54.7. The van der Waals surface area contributed by atoms with Gasteiger partial charge in [0.1, 0.15) is 50.3 Å². The highest BCUT2D eigenvalue weighted by atomic mass is 79.9. The Bertz CT molecular complexity index is 2210. The van der Waals surface area contributed by atoms with Gasteiger partial charge in [0, 0.05) is 77.9 Å². The third-order valence-electron chi connectivity index (χ3n) is 11.7. The first-order valence-electron chi connectivity index (χ1n) is 23.2. The van der Waals surface area contributed by atoms with Crippen LogP contribution in [0.15, 0.2) is 24.3 Å². The second kappa shape index (κ2) is 27.1. The van der Waals surface area contributed by atoms with Gasteiger partial charge in [-0.1, -0.05) is 50.9 Å². The van der Waals surface area contributed by atoms with Crippen LogP contribution in [0.3, 0.4) is 0 Å². The first-order valence-corrected chi connectivity index (χ1v) is 25.4. The normalized spacial score (nSPS) is 30.6. The van der Waals surface area contributed by atoms with Crippen molar-refractivity contribution in [3.63, 3.8) is 0 Å². The highest BCUT2D eigenvalue weighted by Crippen LogP contribution is 2.41. The van der Waals surface area contributed by atoms with E-state index in [1.54, 1.807) is 12.1 Å². The maximum Gasteiger partial charge on any atom is 0.303 e. The number of halogens is 2. The fraction of sp³-hybridized carbons (Fsp3) is 0.660. The van der Waals surface area contributed by atoms with Gasteiger partial charge in [-0.25, -0.2) is 0 Å². The summed E-state index contributed by atoms with van der Waals surface area (Å²) in [5.41, 5.74) is 0.0398. The van der Waals surface area contributed by atoms with Crippen molar-refractivity contribution in [3.05, 3.63) is 35.4 Å².